The third-order valence-corrected chi connectivity index (χ3v) is 4.53. The Balaban J connectivity index is 2.80. The number of rotatable bonds is 1. The van der Waals surface area contributed by atoms with E-state index in [1.54, 1.807) is 18.4 Å². The Kier molecular flexibility index (Phi) is 2.99. The number of hydrogen-bond acceptors (Lipinski definition) is 2. The second-order valence-corrected chi connectivity index (χ2v) is 6.66. The van der Waals surface area contributed by atoms with Crippen molar-refractivity contribution in [1.82, 2.24) is 0 Å². The minimum atomic E-state index is 1.01. The smallest absolute Gasteiger partial charge is 0.150 e. The summed E-state index contributed by atoms with van der Waals surface area (Å²) in [4.78, 5) is 0. The summed E-state index contributed by atoms with van der Waals surface area (Å²) in [6.07, 6.45) is 0. The lowest BCUT2D eigenvalue weighted by molar-refractivity contribution is 0.419. The first-order valence-electron chi connectivity index (χ1n) is 3.64. The van der Waals surface area contributed by atoms with Crippen molar-refractivity contribution in [1.29, 1.82) is 0 Å². The molecule has 1 aromatic carbocycles. The van der Waals surface area contributed by atoms with E-state index in [0.717, 1.165) is 5.75 Å². The standard InChI is InChI=1S/C9H6I2OS/c1-12-8-6-4-5(10)2-3-7(6)13-9(8)11/h2-4H,1H3. The molecule has 0 saturated carbocycles. The Labute approximate surface area is 108 Å². The van der Waals surface area contributed by atoms with Crippen LogP contribution in [0.2, 0.25) is 0 Å². The van der Waals surface area contributed by atoms with Gasteiger partial charge in [0.15, 0.2) is 5.75 Å². The Hall–Kier alpha value is 0.440. The average Bonchev–Trinajstić information content (AvgIpc) is 2.40. The second-order valence-electron chi connectivity index (χ2n) is 2.55. The number of ether oxygens (including phenoxy) is 1. The van der Waals surface area contributed by atoms with E-state index >= 15 is 0 Å². The van der Waals surface area contributed by atoms with Crippen molar-refractivity contribution in [3.63, 3.8) is 0 Å². The van der Waals surface area contributed by atoms with Gasteiger partial charge in [-0.3, -0.25) is 0 Å². The first kappa shape index (κ1) is 9.97. The second kappa shape index (κ2) is 3.90. The molecule has 68 valence electrons. The van der Waals surface area contributed by atoms with Crippen molar-refractivity contribution < 1.29 is 4.74 Å². The maximum Gasteiger partial charge on any atom is 0.150 e. The van der Waals surface area contributed by atoms with E-state index in [2.05, 4.69) is 63.4 Å². The maximum atomic E-state index is 5.35. The van der Waals surface area contributed by atoms with Crippen LogP contribution in [-0.4, -0.2) is 7.11 Å². The molecule has 2 aromatic rings. The summed E-state index contributed by atoms with van der Waals surface area (Å²) in [6.45, 7) is 0. The molecule has 0 N–H and O–H groups in total. The highest BCUT2D eigenvalue weighted by molar-refractivity contribution is 14.1. The lowest BCUT2D eigenvalue weighted by atomic mass is 10.2. The van der Waals surface area contributed by atoms with Gasteiger partial charge in [-0.2, -0.15) is 0 Å². The molecule has 0 spiro atoms. The predicted molar refractivity (Wildman–Crippen MR) is 73.8 cm³/mol. The molecular weight excluding hydrogens is 410 g/mol. The van der Waals surface area contributed by atoms with E-state index in [4.69, 9.17) is 4.74 Å². The molecule has 0 amide bonds. The normalized spacial score (nSPS) is 10.7. The van der Waals surface area contributed by atoms with Gasteiger partial charge in [0, 0.05) is 13.7 Å². The van der Waals surface area contributed by atoms with Crippen LogP contribution in [0.1, 0.15) is 0 Å². The fourth-order valence-corrected chi connectivity index (χ4v) is 3.80. The van der Waals surface area contributed by atoms with Crippen molar-refractivity contribution in [2.45, 2.75) is 0 Å². The van der Waals surface area contributed by atoms with E-state index in [-0.39, 0.29) is 0 Å². The Bertz CT molecular complexity index is 450. The van der Waals surface area contributed by atoms with Crippen LogP contribution in [0, 0.1) is 6.45 Å². The molecule has 0 aliphatic heterocycles. The molecule has 0 saturated heterocycles. The van der Waals surface area contributed by atoms with Gasteiger partial charge in [0.1, 0.15) is 2.88 Å². The molecule has 0 aliphatic carbocycles. The van der Waals surface area contributed by atoms with Gasteiger partial charge in [0.05, 0.1) is 7.11 Å². The SMILES string of the molecule is COc1c(I)sc2ccc(I)cc12. The molecule has 0 aliphatic rings. The molecule has 0 fully saturated rings. The fourth-order valence-electron chi connectivity index (χ4n) is 1.21. The van der Waals surface area contributed by atoms with Gasteiger partial charge >= 0.3 is 0 Å². The number of methoxy groups -OCH3 is 1. The van der Waals surface area contributed by atoms with E-state index < -0.39 is 0 Å². The van der Waals surface area contributed by atoms with Crippen LogP contribution in [0.4, 0.5) is 0 Å². The average molecular weight is 416 g/mol. The van der Waals surface area contributed by atoms with Crippen LogP contribution < -0.4 is 4.74 Å². The van der Waals surface area contributed by atoms with Crippen LogP contribution in [0.25, 0.3) is 10.1 Å². The lowest BCUT2D eigenvalue weighted by Crippen LogP contribution is -1.81. The van der Waals surface area contributed by atoms with Crippen molar-refractivity contribution >= 4 is 66.6 Å². The van der Waals surface area contributed by atoms with Crippen molar-refractivity contribution in [2.75, 3.05) is 7.11 Å². The summed E-state index contributed by atoms with van der Waals surface area (Å²) in [5.74, 6) is 1.01. The zero-order chi connectivity index (χ0) is 9.42. The number of hydrogen-bond donors (Lipinski definition) is 0. The van der Waals surface area contributed by atoms with Gasteiger partial charge in [-0.25, -0.2) is 0 Å². The molecule has 13 heavy (non-hydrogen) atoms. The molecule has 1 nitrogen and oxygen atoms in total. The maximum absolute atomic E-state index is 5.35. The Morgan fingerprint density at radius 2 is 2.08 bits per heavy atom. The van der Waals surface area contributed by atoms with Gasteiger partial charge in [0.2, 0.25) is 0 Å². The summed E-state index contributed by atoms with van der Waals surface area (Å²) in [5.41, 5.74) is 0. The third kappa shape index (κ3) is 1.80. The molecule has 0 radical (unpaired) electrons. The van der Waals surface area contributed by atoms with Gasteiger partial charge < -0.3 is 4.74 Å². The minimum absolute atomic E-state index is 1.01. The summed E-state index contributed by atoms with van der Waals surface area (Å²) in [6, 6.07) is 6.43. The van der Waals surface area contributed by atoms with Crippen LogP contribution in [0.5, 0.6) is 5.75 Å². The third-order valence-electron chi connectivity index (χ3n) is 1.77. The van der Waals surface area contributed by atoms with E-state index in [9.17, 15) is 0 Å². The van der Waals surface area contributed by atoms with Crippen molar-refractivity contribution in [3.05, 3.63) is 24.7 Å². The molecule has 1 aromatic heterocycles. The van der Waals surface area contributed by atoms with Gasteiger partial charge in [-0.05, 0) is 63.4 Å². The Morgan fingerprint density at radius 1 is 1.31 bits per heavy atom. The summed E-state index contributed by atoms with van der Waals surface area (Å²) in [7, 11) is 1.73. The minimum Gasteiger partial charge on any atom is -0.494 e. The topological polar surface area (TPSA) is 9.23 Å². The van der Waals surface area contributed by atoms with Crippen LogP contribution in [0.15, 0.2) is 18.2 Å². The fraction of sp³-hybridized carbons (Fsp3) is 0.111. The van der Waals surface area contributed by atoms with Crippen molar-refractivity contribution in [2.24, 2.45) is 0 Å². The lowest BCUT2D eigenvalue weighted by Gasteiger charge is -1.97. The molecular formula is C9H6I2OS. The van der Waals surface area contributed by atoms with Crippen molar-refractivity contribution in [3.8, 4) is 5.75 Å². The van der Waals surface area contributed by atoms with E-state index in [1.807, 2.05) is 0 Å². The van der Waals surface area contributed by atoms with Crippen LogP contribution in [-0.2, 0) is 0 Å². The zero-order valence-corrected chi connectivity index (χ0v) is 11.9. The van der Waals surface area contributed by atoms with Gasteiger partial charge in [0.25, 0.3) is 0 Å². The molecule has 4 heteroatoms. The quantitative estimate of drug-likeness (QED) is 0.636. The summed E-state index contributed by atoms with van der Waals surface area (Å²) >= 11 is 6.40. The van der Waals surface area contributed by atoms with E-state index in [1.165, 1.54) is 16.5 Å². The Morgan fingerprint density at radius 3 is 2.77 bits per heavy atom. The number of thiophene rings is 1. The first-order chi connectivity index (χ1) is 6.22. The van der Waals surface area contributed by atoms with E-state index in [0.29, 0.717) is 0 Å². The van der Waals surface area contributed by atoms with Crippen LogP contribution >= 0.6 is 56.5 Å². The monoisotopic (exact) mass is 416 g/mol. The first-order valence-corrected chi connectivity index (χ1v) is 6.61. The van der Waals surface area contributed by atoms with Crippen LogP contribution in [0.3, 0.4) is 0 Å². The summed E-state index contributed by atoms with van der Waals surface area (Å²) < 4.78 is 9.11. The number of fused-ring (bicyclic) bond motifs is 1. The zero-order valence-electron chi connectivity index (χ0n) is 6.80. The summed E-state index contributed by atoms with van der Waals surface area (Å²) in [5, 5.41) is 1.23. The van der Waals surface area contributed by atoms with Gasteiger partial charge in [-0.15, -0.1) is 11.3 Å². The highest BCUT2D eigenvalue weighted by Crippen LogP contribution is 2.38. The largest absolute Gasteiger partial charge is 0.494 e. The highest BCUT2D eigenvalue weighted by Gasteiger charge is 2.09. The highest BCUT2D eigenvalue weighted by atomic mass is 127. The molecule has 0 unspecified atom stereocenters. The number of halogens is 2. The number of benzene rings is 1. The predicted octanol–water partition coefficient (Wildman–Crippen LogP) is 4.12. The molecule has 2 rings (SSSR count). The molecule has 0 bridgehead atoms. The molecule has 1 heterocycles. The van der Waals surface area contributed by atoms with Gasteiger partial charge in [-0.1, -0.05) is 0 Å². The molecule has 0 atom stereocenters.